The van der Waals surface area contributed by atoms with Gasteiger partial charge in [-0.1, -0.05) is 30.8 Å². The number of pyridine rings is 1. The van der Waals surface area contributed by atoms with Crippen LogP contribution in [0.3, 0.4) is 0 Å². The van der Waals surface area contributed by atoms with E-state index in [1.807, 2.05) is 18.7 Å². The first-order valence-corrected chi connectivity index (χ1v) is 14.2. The Bertz CT molecular complexity index is 1400. The quantitative estimate of drug-likeness (QED) is 0.408. The molecule has 2 aliphatic rings. The van der Waals surface area contributed by atoms with Crippen LogP contribution in [0.25, 0.3) is 11.0 Å². The maximum Gasteiger partial charge on any atom is 0.252 e. The number of nitrogens with one attached hydrogen (secondary N) is 1. The van der Waals surface area contributed by atoms with Crippen molar-refractivity contribution >= 4 is 22.9 Å². The van der Waals surface area contributed by atoms with Gasteiger partial charge in [-0.2, -0.15) is 4.98 Å². The molecule has 1 atom stereocenters. The number of nitrogens with zero attached hydrogens (tertiary/aromatic N) is 4. The molecule has 3 aromatic rings. The van der Waals surface area contributed by atoms with Gasteiger partial charge in [-0.15, -0.1) is 0 Å². The number of carbonyl (C=O) groups excluding carboxylic acids is 1. The Labute approximate surface area is 235 Å². The summed E-state index contributed by atoms with van der Waals surface area (Å²) in [6.07, 6.45) is 6.47. The summed E-state index contributed by atoms with van der Waals surface area (Å²) in [7, 11) is 0. The summed E-state index contributed by atoms with van der Waals surface area (Å²) in [4.78, 5) is 35.4. The molecule has 0 aliphatic carbocycles. The summed E-state index contributed by atoms with van der Waals surface area (Å²) >= 11 is 0. The Morgan fingerprint density at radius 2 is 1.82 bits per heavy atom. The lowest BCUT2D eigenvalue weighted by atomic mass is 9.84. The third-order valence-electron chi connectivity index (χ3n) is 8.09. The lowest BCUT2D eigenvalue weighted by molar-refractivity contribution is -0.162. The first-order chi connectivity index (χ1) is 19.3. The van der Waals surface area contributed by atoms with Gasteiger partial charge >= 0.3 is 0 Å². The topological polar surface area (TPSA) is 98.6 Å². The average Bonchev–Trinajstić information content (AvgIpc) is 2.97. The van der Waals surface area contributed by atoms with Crippen molar-refractivity contribution < 1.29 is 14.3 Å². The Morgan fingerprint density at radius 3 is 2.48 bits per heavy atom. The van der Waals surface area contributed by atoms with Gasteiger partial charge in [0, 0.05) is 62.8 Å². The van der Waals surface area contributed by atoms with Crippen molar-refractivity contribution in [3.63, 3.8) is 0 Å². The maximum atomic E-state index is 12.4. The fourth-order valence-electron chi connectivity index (χ4n) is 5.78. The molecule has 4 heterocycles. The van der Waals surface area contributed by atoms with E-state index >= 15 is 0 Å². The molecule has 0 bridgehead atoms. The summed E-state index contributed by atoms with van der Waals surface area (Å²) < 4.78 is 14.2. The Balaban J connectivity index is 1.31. The van der Waals surface area contributed by atoms with Crippen LogP contribution in [0.15, 0.2) is 60.0 Å². The molecule has 2 fully saturated rings. The van der Waals surface area contributed by atoms with Gasteiger partial charge in [-0.3, -0.25) is 14.2 Å². The second kappa shape index (κ2) is 11.9. The lowest BCUT2D eigenvalue weighted by Crippen LogP contribution is -2.45. The third-order valence-corrected chi connectivity index (χ3v) is 8.09. The Morgan fingerprint density at radius 1 is 1.12 bits per heavy atom. The van der Waals surface area contributed by atoms with Crippen molar-refractivity contribution in [3.05, 3.63) is 76.7 Å². The number of piperidine rings is 1. The SMILES string of the molecule is C=CC(=O)N1CCC(OC2(c3ccc([C@H](C)Nc4ncc5ccc(=O)n(C(C)C)c5n4)cc3)CCOCC2)CC1. The van der Waals surface area contributed by atoms with E-state index in [0.29, 0.717) is 37.9 Å². The van der Waals surface area contributed by atoms with Crippen molar-refractivity contribution in [2.75, 3.05) is 31.6 Å². The van der Waals surface area contributed by atoms with Gasteiger partial charge in [-0.25, -0.2) is 4.98 Å². The largest absolute Gasteiger partial charge is 0.381 e. The van der Waals surface area contributed by atoms with Crippen LogP contribution < -0.4 is 10.9 Å². The standard InChI is InChI=1S/C31H39N5O4/c1-5-27(37)35-16-12-26(13-17-35)40-31(14-18-39-19-15-31)25-9-6-23(7-10-25)22(4)33-30-32-20-24-8-11-28(38)36(21(2)3)29(24)34-30/h5-11,20-22,26H,1,12-19H2,2-4H3,(H,32,33,34)/t22-/m0/s1. The molecule has 0 spiro atoms. The number of ether oxygens (including phenoxy) is 2. The third kappa shape index (κ3) is 5.81. The van der Waals surface area contributed by atoms with Gasteiger partial charge in [-0.05, 0) is 56.9 Å². The zero-order valence-electron chi connectivity index (χ0n) is 23.6. The minimum atomic E-state index is -0.398. The van der Waals surface area contributed by atoms with Crippen LogP contribution in [0.1, 0.15) is 69.7 Å². The van der Waals surface area contributed by atoms with Gasteiger partial charge in [0.05, 0.1) is 17.7 Å². The van der Waals surface area contributed by atoms with Crippen LogP contribution in [-0.4, -0.2) is 57.7 Å². The zero-order valence-corrected chi connectivity index (χ0v) is 23.6. The summed E-state index contributed by atoms with van der Waals surface area (Å²) in [5.74, 6) is 0.468. The number of likely N-dealkylation sites (tertiary alicyclic amines) is 1. The number of anilines is 1. The molecule has 0 radical (unpaired) electrons. The molecule has 9 nitrogen and oxygen atoms in total. The molecular weight excluding hydrogens is 506 g/mol. The summed E-state index contributed by atoms with van der Waals surface area (Å²) in [5, 5.41) is 4.23. The molecule has 1 N–H and O–H groups in total. The van der Waals surface area contributed by atoms with Gasteiger partial charge in [0.15, 0.2) is 0 Å². The summed E-state index contributed by atoms with van der Waals surface area (Å²) in [6, 6.07) is 11.8. The highest BCUT2D eigenvalue weighted by Gasteiger charge is 2.39. The van der Waals surface area contributed by atoms with Crippen LogP contribution in [0.5, 0.6) is 0 Å². The van der Waals surface area contributed by atoms with E-state index in [1.54, 1.807) is 22.9 Å². The van der Waals surface area contributed by atoms with E-state index in [-0.39, 0.29) is 29.7 Å². The molecule has 2 saturated heterocycles. The van der Waals surface area contributed by atoms with Crippen LogP contribution in [0, 0.1) is 0 Å². The Hall–Kier alpha value is -3.56. The van der Waals surface area contributed by atoms with Crippen molar-refractivity contribution in [2.45, 2.75) is 70.2 Å². The number of fused-ring (bicyclic) bond motifs is 1. The number of hydrogen-bond acceptors (Lipinski definition) is 7. The van der Waals surface area contributed by atoms with Gasteiger partial charge in [0.2, 0.25) is 11.9 Å². The highest BCUT2D eigenvalue weighted by molar-refractivity contribution is 5.87. The van der Waals surface area contributed by atoms with E-state index in [1.165, 1.54) is 6.08 Å². The number of hydrogen-bond donors (Lipinski definition) is 1. The number of rotatable bonds is 8. The minimum absolute atomic E-state index is 0.00849. The summed E-state index contributed by atoms with van der Waals surface area (Å²) in [5.41, 5.74) is 2.40. The fourth-order valence-corrected chi connectivity index (χ4v) is 5.78. The van der Waals surface area contributed by atoms with Crippen LogP contribution in [0.4, 0.5) is 5.95 Å². The molecule has 1 aromatic carbocycles. The molecule has 0 saturated carbocycles. The van der Waals surface area contributed by atoms with Crippen molar-refractivity contribution in [1.82, 2.24) is 19.4 Å². The van der Waals surface area contributed by atoms with Gasteiger partial charge in [0.1, 0.15) is 5.65 Å². The highest BCUT2D eigenvalue weighted by atomic mass is 16.5. The molecule has 0 unspecified atom stereocenters. The monoisotopic (exact) mass is 545 g/mol. The lowest BCUT2D eigenvalue weighted by Gasteiger charge is -2.42. The predicted molar refractivity (Wildman–Crippen MR) is 155 cm³/mol. The summed E-state index contributed by atoms with van der Waals surface area (Å²) in [6.45, 7) is 12.3. The number of carbonyl (C=O) groups is 1. The second-order valence-electron chi connectivity index (χ2n) is 11.0. The zero-order chi connectivity index (χ0) is 28.3. The molecule has 9 heteroatoms. The van der Waals surface area contributed by atoms with Crippen molar-refractivity contribution in [3.8, 4) is 0 Å². The normalized spacial score (nSPS) is 18.6. The predicted octanol–water partition coefficient (Wildman–Crippen LogP) is 4.74. The molecule has 2 aromatic heterocycles. The molecule has 5 rings (SSSR count). The van der Waals surface area contributed by atoms with E-state index in [9.17, 15) is 9.59 Å². The van der Waals surface area contributed by atoms with Gasteiger partial charge < -0.3 is 19.7 Å². The molecule has 40 heavy (non-hydrogen) atoms. The first-order valence-electron chi connectivity index (χ1n) is 14.2. The average molecular weight is 546 g/mol. The Kier molecular flexibility index (Phi) is 8.32. The fraction of sp³-hybridized carbons (Fsp3) is 0.484. The van der Waals surface area contributed by atoms with E-state index < -0.39 is 5.60 Å². The highest BCUT2D eigenvalue weighted by Crippen LogP contribution is 2.39. The van der Waals surface area contributed by atoms with Crippen LogP contribution in [0.2, 0.25) is 0 Å². The number of aromatic nitrogens is 3. The van der Waals surface area contributed by atoms with Gasteiger partial charge in [0.25, 0.3) is 5.56 Å². The van der Waals surface area contributed by atoms with E-state index in [2.05, 4.69) is 53.1 Å². The first kappa shape index (κ1) is 28.0. The number of benzene rings is 1. The van der Waals surface area contributed by atoms with Crippen molar-refractivity contribution in [1.29, 1.82) is 0 Å². The smallest absolute Gasteiger partial charge is 0.252 e. The van der Waals surface area contributed by atoms with Crippen LogP contribution >= 0.6 is 0 Å². The van der Waals surface area contributed by atoms with Crippen molar-refractivity contribution in [2.24, 2.45) is 0 Å². The maximum absolute atomic E-state index is 12.4. The van der Waals surface area contributed by atoms with Crippen LogP contribution in [-0.2, 0) is 19.9 Å². The van der Waals surface area contributed by atoms with E-state index in [0.717, 1.165) is 42.2 Å². The molecular formula is C31H39N5O4. The van der Waals surface area contributed by atoms with E-state index in [4.69, 9.17) is 9.47 Å². The minimum Gasteiger partial charge on any atom is -0.381 e. The number of amides is 1. The molecule has 2 aliphatic heterocycles. The second-order valence-corrected chi connectivity index (χ2v) is 11.0. The molecule has 212 valence electrons. The molecule has 1 amide bonds.